The first-order chi connectivity index (χ1) is 31.7. The van der Waals surface area contributed by atoms with Crippen LogP contribution in [0, 0.1) is 0 Å². The fourth-order valence-corrected chi connectivity index (χ4v) is 8.84. The Hall–Kier alpha value is -6.56. The Morgan fingerprint density at radius 1 is 0.712 bits per heavy atom. The molecule has 6 N–H and O–H groups in total. The van der Waals surface area contributed by atoms with Gasteiger partial charge in [0.05, 0.1) is 22.6 Å². The number of rotatable bonds is 14. The number of alkyl halides is 3. The third-order valence-corrected chi connectivity index (χ3v) is 12.0. The van der Waals surface area contributed by atoms with E-state index in [2.05, 4.69) is 36.5 Å². The van der Waals surface area contributed by atoms with Crippen LogP contribution in [0.4, 0.5) is 34.1 Å². The molecule has 348 valence electrons. The molecule has 0 bridgehead atoms. The van der Waals surface area contributed by atoms with Gasteiger partial charge in [-0.3, -0.25) is 9.59 Å². The molecule has 6 amide bonds. The zero-order valence-corrected chi connectivity index (χ0v) is 38.5. The van der Waals surface area contributed by atoms with Crippen LogP contribution in [0.1, 0.15) is 50.9 Å². The minimum absolute atomic E-state index is 0.00440. The minimum atomic E-state index is -4.68. The average Bonchev–Trinajstić information content (AvgIpc) is 3.67. The molecule has 0 aliphatic carbocycles. The second-order valence-corrected chi connectivity index (χ2v) is 17.3. The monoisotopic (exact) mass is 923 g/mol. The molecule has 0 spiro atoms. The molecule has 2 heterocycles. The van der Waals surface area contributed by atoms with Crippen LogP contribution in [-0.4, -0.2) is 118 Å². The Labute approximate surface area is 386 Å². The van der Waals surface area contributed by atoms with Gasteiger partial charge < -0.3 is 46.3 Å². The lowest BCUT2D eigenvalue weighted by Gasteiger charge is -2.37. The van der Waals surface area contributed by atoms with Crippen LogP contribution in [0.2, 0.25) is 0 Å². The predicted octanol–water partition coefficient (Wildman–Crippen LogP) is 8.97. The van der Waals surface area contributed by atoms with Crippen molar-refractivity contribution >= 4 is 68.7 Å². The highest BCUT2D eigenvalue weighted by Crippen LogP contribution is 2.45. The Morgan fingerprint density at radius 3 is 1.92 bits per heavy atom. The van der Waals surface area contributed by atoms with Crippen molar-refractivity contribution in [3.05, 3.63) is 132 Å². The second kappa shape index (κ2) is 22.6. The molecule has 17 heteroatoms. The number of hydrogen-bond acceptors (Lipinski definition) is 7. The van der Waals surface area contributed by atoms with Crippen molar-refractivity contribution in [3.8, 4) is 0 Å². The van der Waals surface area contributed by atoms with Gasteiger partial charge in [-0.05, 0) is 114 Å². The Bertz CT molecular complexity index is 2650. The summed E-state index contributed by atoms with van der Waals surface area (Å²) in [4.78, 5) is 60.3. The number of fused-ring (bicyclic) bond motifs is 4. The number of para-hydroxylation sites is 3. The number of carbonyl (C=O) groups excluding carboxylic acids is 4. The standard InChI is InChI=1S/C25H28F3N5O2.C24H28N4O2S/c1-32(2)14-7-13-29-24(35)31-20-11-6-4-9-18(20)23(34)33-15-12-17-16-8-3-5-10-19(16)30-21(17)22(33)25(26,27)28;1-25-23(29)18-11-6-9-17-10-7-14-21(22(17)18)31-20-13-5-4-12-19(20)27-24(30)26-15-8-16-28(2)3/h3-6,8-11,22,30H,7,12-15H2,1-2H3,(H2,29,31,35);4-7,9-14H,8,15-16H2,1-3H3,(H,25,29)(H2,26,27,30). The van der Waals surface area contributed by atoms with Crippen molar-refractivity contribution < 1.29 is 32.3 Å². The van der Waals surface area contributed by atoms with Gasteiger partial charge in [0.25, 0.3) is 11.8 Å². The molecule has 7 rings (SSSR count). The molecule has 1 atom stereocenters. The Kier molecular flexibility index (Phi) is 16.7. The normalized spacial score (nSPS) is 13.5. The summed E-state index contributed by atoms with van der Waals surface area (Å²) in [5, 5.41) is 16.5. The van der Waals surface area contributed by atoms with Crippen molar-refractivity contribution in [3.63, 3.8) is 0 Å². The van der Waals surface area contributed by atoms with Gasteiger partial charge in [0.15, 0.2) is 6.04 Å². The first-order valence-corrected chi connectivity index (χ1v) is 22.4. The number of urea groups is 2. The lowest BCUT2D eigenvalue weighted by molar-refractivity contribution is -0.182. The van der Waals surface area contributed by atoms with Gasteiger partial charge in [-0.25, -0.2) is 9.59 Å². The highest BCUT2D eigenvalue weighted by molar-refractivity contribution is 7.99. The van der Waals surface area contributed by atoms with E-state index in [1.54, 1.807) is 43.4 Å². The third-order valence-electron chi connectivity index (χ3n) is 10.8. The Morgan fingerprint density at radius 2 is 1.27 bits per heavy atom. The first kappa shape index (κ1) is 48.9. The zero-order valence-electron chi connectivity index (χ0n) is 37.6. The number of anilines is 2. The second-order valence-electron chi connectivity index (χ2n) is 16.2. The fourth-order valence-electron chi connectivity index (χ4n) is 7.75. The maximum Gasteiger partial charge on any atom is 0.414 e. The number of hydrogen-bond donors (Lipinski definition) is 6. The summed E-state index contributed by atoms with van der Waals surface area (Å²) in [6.45, 7) is 2.65. The number of nitrogens with zero attached hydrogens (tertiary/aromatic N) is 3. The van der Waals surface area contributed by atoms with Crippen LogP contribution >= 0.6 is 11.8 Å². The van der Waals surface area contributed by atoms with Crippen molar-refractivity contribution in [1.82, 2.24) is 35.6 Å². The van der Waals surface area contributed by atoms with E-state index in [1.165, 1.54) is 23.9 Å². The van der Waals surface area contributed by atoms with E-state index < -0.39 is 24.2 Å². The molecule has 13 nitrogen and oxygen atoms in total. The molecule has 5 aromatic carbocycles. The van der Waals surface area contributed by atoms with Crippen LogP contribution in [-0.2, 0) is 6.42 Å². The molecular weight excluding hydrogens is 868 g/mol. The van der Waals surface area contributed by atoms with Gasteiger partial charge in [0.1, 0.15) is 0 Å². The van der Waals surface area contributed by atoms with Gasteiger partial charge in [-0.1, -0.05) is 78.5 Å². The van der Waals surface area contributed by atoms with Gasteiger partial charge in [-0.15, -0.1) is 0 Å². The maximum absolute atomic E-state index is 14.3. The van der Waals surface area contributed by atoms with Crippen molar-refractivity contribution in [2.75, 3.05) is 78.6 Å². The van der Waals surface area contributed by atoms with E-state index in [0.717, 1.165) is 62.5 Å². The van der Waals surface area contributed by atoms with Crippen LogP contribution < -0.4 is 26.6 Å². The van der Waals surface area contributed by atoms with Crippen molar-refractivity contribution in [1.29, 1.82) is 0 Å². The van der Waals surface area contributed by atoms with E-state index in [9.17, 15) is 32.3 Å². The third kappa shape index (κ3) is 12.4. The molecule has 0 saturated carbocycles. The van der Waals surface area contributed by atoms with Crippen LogP contribution in [0.15, 0.2) is 119 Å². The fraction of sp³-hybridized carbons (Fsp3) is 0.306. The lowest BCUT2D eigenvalue weighted by atomic mass is 9.95. The number of halogens is 3. The molecule has 1 aliphatic rings. The predicted molar refractivity (Wildman–Crippen MR) is 257 cm³/mol. The summed E-state index contributed by atoms with van der Waals surface area (Å²) in [5.41, 5.74) is 2.70. The van der Waals surface area contributed by atoms with E-state index in [1.807, 2.05) is 93.8 Å². The largest absolute Gasteiger partial charge is 0.414 e. The summed E-state index contributed by atoms with van der Waals surface area (Å²) in [5.74, 6) is -0.915. The van der Waals surface area contributed by atoms with Gasteiger partial charge in [0.2, 0.25) is 0 Å². The molecule has 6 aromatic rings. The summed E-state index contributed by atoms with van der Waals surface area (Å²) < 4.78 is 43.0. The number of H-pyrrole nitrogens is 1. The van der Waals surface area contributed by atoms with E-state index in [-0.39, 0.29) is 35.4 Å². The van der Waals surface area contributed by atoms with E-state index >= 15 is 0 Å². The molecule has 1 aliphatic heterocycles. The molecular formula is C49H56F3N9O4S. The number of carbonyl (C=O) groups is 4. The highest BCUT2D eigenvalue weighted by Gasteiger charge is 2.50. The molecule has 0 saturated heterocycles. The summed E-state index contributed by atoms with van der Waals surface area (Å²) in [6, 6.07) is 29.7. The zero-order chi connectivity index (χ0) is 47.4. The molecule has 1 aromatic heterocycles. The molecule has 66 heavy (non-hydrogen) atoms. The smallest absolute Gasteiger partial charge is 0.356 e. The van der Waals surface area contributed by atoms with E-state index in [4.69, 9.17) is 0 Å². The number of aromatic amines is 1. The quantitative estimate of drug-likeness (QED) is 0.0597. The Balaban J connectivity index is 0.000000220. The number of nitrogens with one attached hydrogen (secondary N) is 6. The molecule has 0 fully saturated rings. The molecule has 1 unspecified atom stereocenters. The maximum atomic E-state index is 14.3. The van der Waals surface area contributed by atoms with Crippen LogP contribution in [0.25, 0.3) is 21.7 Å². The van der Waals surface area contributed by atoms with Crippen LogP contribution in [0.5, 0.6) is 0 Å². The van der Waals surface area contributed by atoms with Crippen molar-refractivity contribution in [2.45, 2.75) is 41.3 Å². The van der Waals surface area contributed by atoms with Crippen molar-refractivity contribution in [2.24, 2.45) is 0 Å². The lowest BCUT2D eigenvalue weighted by Crippen LogP contribution is -2.46. The molecule has 0 radical (unpaired) electrons. The number of benzene rings is 5. The topological polar surface area (TPSA) is 154 Å². The highest BCUT2D eigenvalue weighted by atomic mass is 32.2. The van der Waals surface area contributed by atoms with Gasteiger partial charge >= 0.3 is 18.2 Å². The summed E-state index contributed by atoms with van der Waals surface area (Å²) in [7, 11) is 9.51. The first-order valence-electron chi connectivity index (χ1n) is 21.6. The van der Waals surface area contributed by atoms with E-state index in [0.29, 0.717) is 36.2 Å². The minimum Gasteiger partial charge on any atom is -0.356 e. The van der Waals surface area contributed by atoms with Gasteiger partial charge in [-0.2, -0.15) is 13.2 Å². The SMILES string of the molecule is CN(C)CCCNC(=O)Nc1ccccc1C(=O)N1CCc2c([nH]c3ccccc23)C1C(F)(F)F.CNC(=O)c1cccc2cccc(Sc3ccccc3NC(=O)NCCCN(C)C)c12. The number of amides is 6. The number of aromatic nitrogens is 1. The summed E-state index contributed by atoms with van der Waals surface area (Å²) in [6.07, 6.45) is -2.78. The van der Waals surface area contributed by atoms with Gasteiger partial charge in [0, 0.05) is 58.3 Å². The average molecular weight is 924 g/mol. The van der Waals surface area contributed by atoms with Crippen LogP contribution in [0.3, 0.4) is 0 Å². The summed E-state index contributed by atoms with van der Waals surface area (Å²) >= 11 is 1.53.